The van der Waals surface area contributed by atoms with Crippen LogP contribution in [-0.2, 0) is 6.42 Å². The van der Waals surface area contributed by atoms with Crippen molar-refractivity contribution in [3.8, 4) is 0 Å². The zero-order valence-corrected chi connectivity index (χ0v) is 12.1. The van der Waals surface area contributed by atoms with E-state index in [1.54, 1.807) is 0 Å². The van der Waals surface area contributed by atoms with Crippen LogP contribution in [0.5, 0.6) is 0 Å². The maximum absolute atomic E-state index is 6.23. The Balaban J connectivity index is 2.20. The molecule has 0 bridgehead atoms. The largest absolute Gasteiger partial charge is 0.324 e. The molecule has 0 fully saturated rings. The van der Waals surface area contributed by atoms with Crippen LogP contribution in [0.25, 0.3) is 0 Å². The van der Waals surface area contributed by atoms with Crippen LogP contribution in [0.3, 0.4) is 0 Å². The molecule has 0 amide bonds. The topological polar surface area (TPSA) is 26.0 Å². The van der Waals surface area contributed by atoms with Crippen molar-refractivity contribution in [3.05, 3.63) is 68.3 Å². The zero-order valence-electron chi connectivity index (χ0n) is 9.24. The first-order valence-electron chi connectivity index (χ1n) is 5.42. The molecule has 2 N–H and O–H groups in total. The lowest BCUT2D eigenvalue weighted by molar-refractivity contribution is 0.718. The quantitative estimate of drug-likeness (QED) is 0.819. The predicted octanol–water partition coefficient (Wildman–Crippen LogP) is 4.19. The Bertz CT molecular complexity index is 513. The van der Waals surface area contributed by atoms with Crippen LogP contribution in [0, 0.1) is 3.57 Å². The molecule has 2 aromatic carbocycles. The molecule has 3 heteroatoms. The Morgan fingerprint density at radius 1 is 1.06 bits per heavy atom. The van der Waals surface area contributed by atoms with Gasteiger partial charge in [0.25, 0.3) is 0 Å². The van der Waals surface area contributed by atoms with Gasteiger partial charge < -0.3 is 5.73 Å². The van der Waals surface area contributed by atoms with Crippen LogP contribution in [0.15, 0.2) is 48.5 Å². The smallest absolute Gasteiger partial charge is 0.0438 e. The lowest BCUT2D eigenvalue weighted by atomic mass is 10.00. The van der Waals surface area contributed by atoms with E-state index in [0.717, 1.165) is 17.0 Å². The minimum absolute atomic E-state index is 0.0111. The van der Waals surface area contributed by atoms with E-state index in [2.05, 4.69) is 34.7 Å². The molecule has 0 aromatic heterocycles. The highest BCUT2D eigenvalue weighted by Gasteiger charge is 2.11. The molecule has 0 aliphatic carbocycles. The second-order valence-electron chi connectivity index (χ2n) is 3.92. The monoisotopic (exact) mass is 357 g/mol. The molecule has 0 radical (unpaired) electrons. The minimum atomic E-state index is -0.0111. The fourth-order valence-corrected chi connectivity index (χ4v) is 2.79. The maximum atomic E-state index is 6.23. The summed E-state index contributed by atoms with van der Waals surface area (Å²) in [4.78, 5) is 0. The summed E-state index contributed by atoms with van der Waals surface area (Å²) in [5.74, 6) is 0. The van der Waals surface area contributed by atoms with Crippen molar-refractivity contribution in [2.24, 2.45) is 5.73 Å². The van der Waals surface area contributed by atoms with Gasteiger partial charge in [0.15, 0.2) is 0 Å². The number of hydrogen-bond acceptors (Lipinski definition) is 1. The standard InChI is InChI=1S/C14H13ClIN/c15-12-7-3-1-5-10(12)9-14(17)11-6-2-4-8-13(11)16/h1-8,14H,9,17H2. The molecular formula is C14H13ClIN. The Hall–Kier alpha value is -0.580. The number of halogens is 2. The molecule has 0 saturated carbocycles. The van der Waals surface area contributed by atoms with E-state index < -0.39 is 0 Å². The lowest BCUT2D eigenvalue weighted by Gasteiger charge is -2.14. The zero-order chi connectivity index (χ0) is 12.3. The molecule has 1 nitrogen and oxygen atoms in total. The summed E-state index contributed by atoms with van der Waals surface area (Å²) in [5, 5.41) is 0.786. The third-order valence-corrected chi connectivity index (χ3v) is 4.05. The van der Waals surface area contributed by atoms with E-state index in [4.69, 9.17) is 17.3 Å². The average Bonchev–Trinajstić information content (AvgIpc) is 2.32. The van der Waals surface area contributed by atoms with Crippen molar-refractivity contribution >= 4 is 34.2 Å². The predicted molar refractivity (Wildman–Crippen MR) is 81.2 cm³/mol. The van der Waals surface area contributed by atoms with Crippen molar-refractivity contribution in [1.29, 1.82) is 0 Å². The molecule has 0 spiro atoms. The normalized spacial score (nSPS) is 12.4. The van der Waals surface area contributed by atoms with Gasteiger partial charge in [0.05, 0.1) is 0 Å². The van der Waals surface area contributed by atoms with E-state index in [1.807, 2.05) is 36.4 Å². The maximum Gasteiger partial charge on any atom is 0.0438 e. The summed E-state index contributed by atoms with van der Waals surface area (Å²) in [5.41, 5.74) is 8.51. The van der Waals surface area contributed by atoms with Crippen molar-refractivity contribution in [1.82, 2.24) is 0 Å². The van der Waals surface area contributed by atoms with Crippen LogP contribution in [-0.4, -0.2) is 0 Å². The lowest BCUT2D eigenvalue weighted by Crippen LogP contribution is -2.14. The van der Waals surface area contributed by atoms with Gasteiger partial charge in [0, 0.05) is 14.6 Å². The number of hydrogen-bond donors (Lipinski definition) is 1. The average molecular weight is 358 g/mol. The van der Waals surface area contributed by atoms with Crippen molar-refractivity contribution in [2.45, 2.75) is 12.5 Å². The first-order valence-corrected chi connectivity index (χ1v) is 6.87. The molecule has 0 aliphatic rings. The summed E-state index contributed by atoms with van der Waals surface area (Å²) >= 11 is 8.45. The van der Waals surface area contributed by atoms with Crippen molar-refractivity contribution in [3.63, 3.8) is 0 Å². The van der Waals surface area contributed by atoms with Crippen molar-refractivity contribution in [2.75, 3.05) is 0 Å². The SMILES string of the molecule is NC(Cc1ccccc1Cl)c1ccccc1I. The van der Waals surface area contributed by atoms with E-state index in [0.29, 0.717) is 0 Å². The second-order valence-corrected chi connectivity index (χ2v) is 5.49. The van der Waals surface area contributed by atoms with Crippen LogP contribution in [0.2, 0.25) is 5.02 Å². The Kier molecular flexibility index (Phi) is 4.42. The molecule has 1 atom stereocenters. The highest BCUT2D eigenvalue weighted by atomic mass is 127. The van der Waals surface area contributed by atoms with Gasteiger partial charge in [0.2, 0.25) is 0 Å². The fourth-order valence-electron chi connectivity index (χ4n) is 1.79. The summed E-state index contributed by atoms with van der Waals surface area (Å²) in [6.07, 6.45) is 0.764. The molecular weight excluding hydrogens is 345 g/mol. The first-order chi connectivity index (χ1) is 8.18. The fraction of sp³-hybridized carbons (Fsp3) is 0.143. The van der Waals surface area contributed by atoms with Gasteiger partial charge in [-0.1, -0.05) is 48.0 Å². The first kappa shape index (κ1) is 12.9. The third kappa shape index (κ3) is 3.21. The van der Waals surface area contributed by atoms with Gasteiger partial charge in [-0.05, 0) is 52.3 Å². The Labute approximate surface area is 120 Å². The van der Waals surface area contributed by atoms with Crippen molar-refractivity contribution < 1.29 is 0 Å². The van der Waals surface area contributed by atoms with Crippen LogP contribution >= 0.6 is 34.2 Å². The molecule has 1 unspecified atom stereocenters. The van der Waals surface area contributed by atoms with Gasteiger partial charge in [-0.2, -0.15) is 0 Å². The van der Waals surface area contributed by atoms with E-state index >= 15 is 0 Å². The van der Waals surface area contributed by atoms with Gasteiger partial charge >= 0.3 is 0 Å². The van der Waals surface area contributed by atoms with Crippen LogP contribution in [0.4, 0.5) is 0 Å². The molecule has 0 saturated heterocycles. The highest BCUT2D eigenvalue weighted by Crippen LogP contribution is 2.24. The van der Waals surface area contributed by atoms with Crippen LogP contribution in [0.1, 0.15) is 17.2 Å². The van der Waals surface area contributed by atoms with Gasteiger partial charge in [-0.3, -0.25) is 0 Å². The summed E-state index contributed by atoms with van der Waals surface area (Å²) < 4.78 is 1.20. The molecule has 88 valence electrons. The van der Waals surface area contributed by atoms with Crippen LogP contribution < -0.4 is 5.73 Å². The molecule has 0 heterocycles. The number of benzene rings is 2. The Morgan fingerprint density at radius 2 is 1.71 bits per heavy atom. The number of nitrogens with two attached hydrogens (primary N) is 1. The molecule has 2 rings (SSSR count). The van der Waals surface area contributed by atoms with Gasteiger partial charge in [0.1, 0.15) is 0 Å². The molecule has 2 aromatic rings. The number of rotatable bonds is 3. The Morgan fingerprint density at radius 3 is 2.41 bits per heavy atom. The summed E-state index contributed by atoms with van der Waals surface area (Å²) in [7, 11) is 0. The summed E-state index contributed by atoms with van der Waals surface area (Å²) in [6, 6.07) is 16.0. The summed E-state index contributed by atoms with van der Waals surface area (Å²) in [6.45, 7) is 0. The second kappa shape index (κ2) is 5.85. The highest BCUT2D eigenvalue weighted by molar-refractivity contribution is 14.1. The van der Waals surface area contributed by atoms with E-state index in [-0.39, 0.29) is 6.04 Å². The van der Waals surface area contributed by atoms with Gasteiger partial charge in [-0.15, -0.1) is 0 Å². The van der Waals surface area contributed by atoms with E-state index in [1.165, 1.54) is 9.13 Å². The third-order valence-electron chi connectivity index (χ3n) is 2.70. The van der Waals surface area contributed by atoms with Gasteiger partial charge in [-0.25, -0.2) is 0 Å². The molecule has 17 heavy (non-hydrogen) atoms. The molecule has 0 aliphatic heterocycles. The van der Waals surface area contributed by atoms with E-state index in [9.17, 15) is 0 Å². The minimum Gasteiger partial charge on any atom is -0.324 e.